The molecule has 25 heteroatoms. The molecule has 2 aliphatic heterocycles. The molecule has 0 saturated carbocycles. The number of amides is 2. The number of rotatable bonds is 16. The van der Waals surface area contributed by atoms with Crippen LogP contribution in [-0.2, 0) is 63.5 Å². The van der Waals surface area contributed by atoms with E-state index in [1.807, 2.05) is 38.4 Å². The zero-order chi connectivity index (χ0) is 51.4. The Morgan fingerprint density at radius 1 is 0.694 bits per heavy atom. The van der Waals surface area contributed by atoms with Crippen LogP contribution in [0.1, 0.15) is 43.2 Å². The zero-order valence-electron chi connectivity index (χ0n) is 39.5. The van der Waals surface area contributed by atoms with Crippen molar-refractivity contribution in [2.45, 2.75) is 39.8 Å². The highest BCUT2D eigenvalue weighted by Crippen LogP contribution is 2.23. The van der Waals surface area contributed by atoms with Crippen molar-refractivity contribution in [2.75, 3.05) is 72.8 Å². The first-order valence-electron chi connectivity index (χ1n) is 22.3. The van der Waals surface area contributed by atoms with Gasteiger partial charge in [-0.25, -0.2) is 28.7 Å². The van der Waals surface area contributed by atoms with E-state index in [-0.39, 0.29) is 40.3 Å². The average molecular weight is 1090 g/mol. The predicted octanol–water partition coefficient (Wildman–Crippen LogP) is 6.03. The maximum absolute atomic E-state index is 14.3. The third-order valence-corrected chi connectivity index (χ3v) is 13.9. The molecule has 2 amide bonds. The number of carbonyl (C=O) groups is 2. The minimum Gasteiger partial charge on any atom is -0.392 e. The molecule has 8 rings (SSSR count). The fourth-order valence-electron chi connectivity index (χ4n) is 7.69. The minimum atomic E-state index is -3.63. The molecule has 4 aromatic heterocycles. The first kappa shape index (κ1) is 54.5. The third kappa shape index (κ3) is 14.9. The second kappa shape index (κ2) is 25.6. The van der Waals surface area contributed by atoms with Crippen molar-refractivity contribution in [1.82, 2.24) is 38.7 Å². The van der Waals surface area contributed by atoms with Gasteiger partial charge in [-0.05, 0) is 59.7 Å². The molecule has 0 radical (unpaired) electrons. The lowest BCUT2D eigenvalue weighted by atomic mass is 10.1. The number of carbonyl (C=O) groups excluding carboxylic acids is 2. The van der Waals surface area contributed by atoms with E-state index >= 15 is 0 Å². The van der Waals surface area contributed by atoms with Crippen molar-refractivity contribution >= 4 is 79.4 Å². The number of aromatic nitrogens is 4. The smallest absolute Gasteiger partial charge is 0.264 e. The van der Waals surface area contributed by atoms with Gasteiger partial charge in [-0.1, -0.05) is 35.3 Å². The van der Waals surface area contributed by atoms with Crippen LogP contribution in [0.4, 0.5) is 20.4 Å². The minimum absolute atomic E-state index is 0.0104. The second-order valence-corrected chi connectivity index (χ2v) is 20.7. The number of hydrogen-bond acceptors (Lipinski definition) is 16. The Morgan fingerprint density at radius 2 is 1.12 bits per heavy atom. The van der Waals surface area contributed by atoms with Gasteiger partial charge in [-0.2, -0.15) is 8.42 Å². The van der Waals surface area contributed by atoms with Crippen molar-refractivity contribution in [3.05, 3.63) is 149 Å². The molecule has 1 N–H and O–H groups in total. The predicted molar refractivity (Wildman–Crippen MR) is 268 cm³/mol. The molecule has 2 fully saturated rings. The topological polar surface area (TPSA) is 190 Å². The van der Waals surface area contributed by atoms with Crippen LogP contribution >= 0.6 is 45.9 Å². The van der Waals surface area contributed by atoms with E-state index in [0.29, 0.717) is 107 Å². The summed E-state index contributed by atoms with van der Waals surface area (Å²) in [6.07, 6.45) is 4.73. The summed E-state index contributed by atoms with van der Waals surface area (Å²) in [4.78, 5) is 53.1. The van der Waals surface area contributed by atoms with Gasteiger partial charge in [-0.15, -0.1) is 22.7 Å². The molecule has 72 heavy (non-hydrogen) atoms. The molecule has 0 spiro atoms. The van der Waals surface area contributed by atoms with E-state index < -0.39 is 27.7 Å². The lowest BCUT2D eigenvalue weighted by Gasteiger charge is -2.34. The van der Waals surface area contributed by atoms with Crippen LogP contribution in [0.15, 0.2) is 93.8 Å². The summed E-state index contributed by atoms with van der Waals surface area (Å²) >= 11 is 14.5. The molecular formula is C47H52Cl2F2N10O8S3. The van der Waals surface area contributed by atoms with Gasteiger partial charge >= 0.3 is 0 Å². The number of pyridine rings is 2. The Bertz CT molecular complexity index is 3100. The second-order valence-electron chi connectivity index (χ2n) is 16.5. The summed E-state index contributed by atoms with van der Waals surface area (Å²) in [5.74, 6) is -1.24. The van der Waals surface area contributed by atoms with Gasteiger partial charge in [0.05, 0.1) is 52.0 Å². The summed E-state index contributed by atoms with van der Waals surface area (Å²) < 4.78 is 70.7. The van der Waals surface area contributed by atoms with Crippen LogP contribution in [0.25, 0.3) is 0 Å². The fraction of sp³-hybridized carbons (Fsp3) is 0.362. The van der Waals surface area contributed by atoms with Crippen LogP contribution in [0.2, 0.25) is 10.0 Å². The van der Waals surface area contributed by atoms with Crippen molar-refractivity contribution < 1.29 is 45.6 Å². The van der Waals surface area contributed by atoms with Gasteiger partial charge < -0.3 is 24.4 Å². The summed E-state index contributed by atoms with van der Waals surface area (Å²) in [5, 5.41) is 13.4. The standard InChI is InChI=1S/C24H27ClFN5O5S2.C23H25ClFN5O3S/c1-35-16-31-10-11-37-24(31)28-21-13-17(15-36-38(2,33)34)12-18(27-21)14-29-6-8-30(9-7-29)23(32)19-4-3-5-20(25)22(19)26;1-33-15-30-9-10-34-23(30)27-20-12-16(14-31)11-17(26-20)13-28-5-7-29(8-6-28)22(32)18-3-2-4-19(24)21(18)25/h3-5,10-13H,6-9,14-16H2,1-2H3;2-4,9-12,31H,5-8,13-15H2,1H3. The molecule has 6 heterocycles. The number of thiazole rings is 2. The first-order valence-corrected chi connectivity index (χ1v) is 26.7. The molecule has 2 aromatic carbocycles. The van der Waals surface area contributed by atoms with Crippen molar-refractivity contribution in [3.8, 4) is 0 Å². The molecule has 0 unspecified atom stereocenters. The fourth-order valence-corrected chi connectivity index (χ4v) is 9.84. The van der Waals surface area contributed by atoms with Gasteiger partial charge in [0, 0.05) is 103 Å². The Balaban J connectivity index is 0.000000213. The van der Waals surface area contributed by atoms with Gasteiger partial charge in [0.2, 0.25) is 0 Å². The Hall–Kier alpha value is -5.31. The molecule has 18 nitrogen and oxygen atoms in total. The molecule has 0 bridgehead atoms. The van der Waals surface area contributed by atoms with Crippen LogP contribution in [0, 0.1) is 11.6 Å². The normalized spacial score (nSPS) is 15.2. The van der Waals surface area contributed by atoms with Gasteiger partial charge in [0.25, 0.3) is 21.9 Å². The maximum Gasteiger partial charge on any atom is 0.264 e. The molecule has 2 saturated heterocycles. The molecule has 0 atom stereocenters. The number of hydrogen-bond donors (Lipinski definition) is 1. The van der Waals surface area contributed by atoms with Crippen LogP contribution in [-0.4, -0.2) is 137 Å². The largest absolute Gasteiger partial charge is 0.392 e. The number of piperazine rings is 2. The summed E-state index contributed by atoms with van der Waals surface area (Å²) in [6.45, 7) is 5.52. The van der Waals surface area contributed by atoms with Crippen molar-refractivity contribution in [2.24, 2.45) is 9.98 Å². The number of aliphatic hydroxyl groups is 1. The lowest BCUT2D eigenvalue weighted by molar-refractivity contribution is 0.0615. The average Bonchev–Trinajstić information content (AvgIpc) is 4.00. The van der Waals surface area contributed by atoms with E-state index in [4.69, 9.17) is 36.9 Å². The Morgan fingerprint density at radius 3 is 1.54 bits per heavy atom. The van der Waals surface area contributed by atoms with Crippen molar-refractivity contribution in [1.29, 1.82) is 0 Å². The van der Waals surface area contributed by atoms with Crippen LogP contribution < -0.4 is 9.60 Å². The highest BCUT2D eigenvalue weighted by molar-refractivity contribution is 7.85. The molecule has 2 aliphatic rings. The number of halogens is 4. The summed E-state index contributed by atoms with van der Waals surface area (Å²) in [5.41, 5.74) is 2.73. The van der Waals surface area contributed by atoms with E-state index in [0.717, 1.165) is 22.3 Å². The highest BCUT2D eigenvalue weighted by Gasteiger charge is 2.27. The van der Waals surface area contributed by atoms with E-state index in [1.165, 1.54) is 46.9 Å². The van der Waals surface area contributed by atoms with E-state index in [1.54, 1.807) is 54.4 Å². The third-order valence-electron chi connectivity index (χ3n) is 11.2. The van der Waals surface area contributed by atoms with Crippen molar-refractivity contribution in [3.63, 3.8) is 0 Å². The number of nitrogens with zero attached hydrogens (tertiary/aromatic N) is 10. The van der Waals surface area contributed by atoms with Gasteiger partial charge in [0.1, 0.15) is 13.5 Å². The number of methoxy groups -OCH3 is 2. The maximum atomic E-state index is 14.3. The summed E-state index contributed by atoms with van der Waals surface area (Å²) in [7, 11) is -0.424. The lowest BCUT2D eigenvalue weighted by Crippen LogP contribution is -2.48. The van der Waals surface area contributed by atoms with Crippen LogP contribution in [0.3, 0.4) is 0 Å². The van der Waals surface area contributed by atoms with E-state index in [2.05, 4.69) is 29.8 Å². The number of aliphatic hydroxyl groups excluding tert-OH is 1. The zero-order valence-corrected chi connectivity index (χ0v) is 43.5. The molecule has 0 aliphatic carbocycles. The number of ether oxygens (including phenoxy) is 2. The monoisotopic (exact) mass is 1090 g/mol. The van der Waals surface area contributed by atoms with Gasteiger partial charge in [0.15, 0.2) is 32.9 Å². The highest BCUT2D eigenvalue weighted by atomic mass is 35.5. The molecule has 384 valence electrons. The SMILES string of the molecule is COCn1ccsc1=Nc1cc(CO)cc(CN2CCN(C(=O)c3cccc(Cl)c3F)CC2)n1.COCn1ccsc1=Nc1cc(COS(C)(=O)=O)cc(CN2CCN(C(=O)c3cccc(Cl)c3F)CC2)n1. The van der Waals surface area contributed by atoms with Gasteiger partial charge in [-0.3, -0.25) is 32.7 Å². The quantitative estimate of drug-likeness (QED) is 0.111. The Labute approximate surface area is 432 Å². The Kier molecular flexibility index (Phi) is 19.3. The first-order chi connectivity index (χ1) is 34.6. The summed E-state index contributed by atoms with van der Waals surface area (Å²) in [6, 6.07) is 15.9. The molecule has 6 aromatic rings. The number of benzene rings is 2. The van der Waals surface area contributed by atoms with E-state index in [9.17, 15) is 31.9 Å². The molecular weight excluding hydrogens is 1040 g/mol. The van der Waals surface area contributed by atoms with Crippen LogP contribution in [0.5, 0.6) is 0 Å².